The fraction of sp³-hybridized carbons (Fsp3) is 0.294. The summed E-state index contributed by atoms with van der Waals surface area (Å²) >= 11 is 5.99. The molecule has 3 N–H and O–H groups in total. The molecule has 2 amide bonds. The van der Waals surface area contributed by atoms with Crippen molar-refractivity contribution in [1.82, 2.24) is 15.4 Å². The number of hydrogen-bond donors (Lipinski definition) is 3. The average Bonchev–Trinajstić information content (AvgIpc) is 3.25. The van der Waals surface area contributed by atoms with Crippen LogP contribution in [0.25, 0.3) is 0 Å². The molecule has 3 rings (SSSR count). The SMILES string of the molecule is O=C(NCCNC(=O)c1ccco1)c1ccc(Cl)c(S(=O)(=O)NC2CC2)c1. The summed E-state index contributed by atoms with van der Waals surface area (Å²) < 4.78 is 32.2. The number of carbonyl (C=O) groups is 2. The normalized spacial score (nSPS) is 14.0. The third-order valence-corrected chi connectivity index (χ3v) is 5.83. The summed E-state index contributed by atoms with van der Waals surface area (Å²) in [5, 5.41) is 5.25. The van der Waals surface area contributed by atoms with Gasteiger partial charge < -0.3 is 15.1 Å². The third kappa shape index (κ3) is 5.09. The highest BCUT2D eigenvalue weighted by Gasteiger charge is 2.29. The van der Waals surface area contributed by atoms with Crippen LogP contribution in [0.5, 0.6) is 0 Å². The first-order chi connectivity index (χ1) is 12.9. The largest absolute Gasteiger partial charge is 0.459 e. The Morgan fingerprint density at radius 3 is 2.44 bits per heavy atom. The maximum Gasteiger partial charge on any atom is 0.287 e. The molecule has 1 heterocycles. The molecular formula is C17H18ClN3O5S. The molecule has 0 aliphatic heterocycles. The molecule has 0 atom stereocenters. The highest BCUT2D eigenvalue weighted by Crippen LogP contribution is 2.26. The Kier molecular flexibility index (Phi) is 5.83. The molecular weight excluding hydrogens is 394 g/mol. The first kappa shape index (κ1) is 19.4. The van der Waals surface area contributed by atoms with Crippen molar-refractivity contribution in [3.8, 4) is 0 Å². The molecule has 1 aromatic carbocycles. The number of nitrogens with one attached hydrogen (secondary N) is 3. The van der Waals surface area contributed by atoms with Crippen molar-refractivity contribution >= 4 is 33.4 Å². The van der Waals surface area contributed by atoms with Crippen molar-refractivity contribution in [2.75, 3.05) is 13.1 Å². The van der Waals surface area contributed by atoms with E-state index in [0.717, 1.165) is 12.8 Å². The number of hydrogen-bond acceptors (Lipinski definition) is 5. The van der Waals surface area contributed by atoms with Crippen LogP contribution in [-0.4, -0.2) is 39.4 Å². The van der Waals surface area contributed by atoms with Crippen LogP contribution >= 0.6 is 11.6 Å². The number of amides is 2. The van der Waals surface area contributed by atoms with Crippen molar-refractivity contribution < 1.29 is 22.4 Å². The zero-order chi connectivity index (χ0) is 19.4. The van der Waals surface area contributed by atoms with E-state index in [1.807, 2.05) is 0 Å². The minimum absolute atomic E-state index is 0.0467. The van der Waals surface area contributed by atoms with Gasteiger partial charge in [0, 0.05) is 24.7 Å². The Balaban J connectivity index is 1.56. The van der Waals surface area contributed by atoms with E-state index >= 15 is 0 Å². The van der Waals surface area contributed by atoms with Gasteiger partial charge in [-0.25, -0.2) is 13.1 Å². The quantitative estimate of drug-likeness (QED) is 0.569. The van der Waals surface area contributed by atoms with Crippen molar-refractivity contribution in [3.63, 3.8) is 0 Å². The van der Waals surface area contributed by atoms with Crippen LogP contribution in [0.15, 0.2) is 45.9 Å². The van der Waals surface area contributed by atoms with Crippen LogP contribution < -0.4 is 15.4 Å². The number of sulfonamides is 1. The van der Waals surface area contributed by atoms with Gasteiger partial charge in [0.1, 0.15) is 4.90 Å². The van der Waals surface area contributed by atoms with E-state index < -0.39 is 15.9 Å². The van der Waals surface area contributed by atoms with Gasteiger partial charge in [0.25, 0.3) is 11.8 Å². The molecule has 27 heavy (non-hydrogen) atoms. The van der Waals surface area contributed by atoms with Crippen molar-refractivity contribution in [3.05, 3.63) is 52.9 Å². The van der Waals surface area contributed by atoms with E-state index in [0.29, 0.717) is 0 Å². The topological polar surface area (TPSA) is 118 Å². The minimum atomic E-state index is -3.77. The fourth-order valence-electron chi connectivity index (χ4n) is 2.28. The van der Waals surface area contributed by atoms with Gasteiger partial charge in [0.15, 0.2) is 5.76 Å². The molecule has 1 aliphatic carbocycles. The molecule has 0 radical (unpaired) electrons. The lowest BCUT2D eigenvalue weighted by molar-refractivity contribution is 0.0910. The van der Waals surface area contributed by atoms with Gasteiger partial charge in [0.05, 0.1) is 11.3 Å². The van der Waals surface area contributed by atoms with Crippen LogP contribution in [0.3, 0.4) is 0 Å². The van der Waals surface area contributed by atoms with E-state index in [1.165, 1.54) is 30.5 Å². The van der Waals surface area contributed by atoms with E-state index in [2.05, 4.69) is 15.4 Å². The summed E-state index contributed by atoms with van der Waals surface area (Å²) in [5.74, 6) is -0.681. The Labute approximate surface area is 161 Å². The smallest absolute Gasteiger partial charge is 0.287 e. The van der Waals surface area contributed by atoms with Crippen molar-refractivity contribution in [2.45, 2.75) is 23.8 Å². The van der Waals surface area contributed by atoms with Crippen LogP contribution in [0.4, 0.5) is 0 Å². The average molecular weight is 412 g/mol. The monoisotopic (exact) mass is 411 g/mol. The van der Waals surface area contributed by atoms with Gasteiger partial charge in [-0.05, 0) is 43.2 Å². The molecule has 1 aliphatic rings. The predicted octanol–water partition coefficient (Wildman–Crippen LogP) is 1.53. The standard InChI is InChI=1S/C17H18ClN3O5S/c18-13-6-3-11(10-15(13)27(24,25)21-12-4-5-12)16(22)19-7-8-20-17(23)14-2-1-9-26-14/h1-3,6,9-10,12,21H,4-5,7-8H2,(H,19,22)(H,20,23). The van der Waals surface area contributed by atoms with Crippen LogP contribution in [-0.2, 0) is 10.0 Å². The summed E-state index contributed by atoms with van der Waals surface area (Å²) in [6.45, 7) is 0.351. The maximum absolute atomic E-state index is 12.3. The molecule has 144 valence electrons. The zero-order valence-corrected chi connectivity index (χ0v) is 15.8. The molecule has 0 unspecified atom stereocenters. The van der Waals surface area contributed by atoms with E-state index in [-0.39, 0.29) is 46.3 Å². The second kappa shape index (κ2) is 8.12. The van der Waals surface area contributed by atoms with Crippen molar-refractivity contribution in [1.29, 1.82) is 0 Å². The van der Waals surface area contributed by atoms with Crippen LogP contribution in [0.2, 0.25) is 5.02 Å². The Morgan fingerprint density at radius 1 is 1.11 bits per heavy atom. The van der Waals surface area contributed by atoms with Gasteiger partial charge in [-0.1, -0.05) is 11.6 Å². The summed E-state index contributed by atoms with van der Waals surface area (Å²) in [6.07, 6.45) is 2.97. The second-order valence-electron chi connectivity index (χ2n) is 6.03. The lowest BCUT2D eigenvalue weighted by Gasteiger charge is -2.10. The summed E-state index contributed by atoms with van der Waals surface area (Å²) in [5.41, 5.74) is 0.160. The Hall–Kier alpha value is -2.36. The van der Waals surface area contributed by atoms with Gasteiger partial charge in [-0.3, -0.25) is 9.59 Å². The molecule has 0 saturated heterocycles. The minimum Gasteiger partial charge on any atom is -0.459 e. The maximum atomic E-state index is 12.3. The lowest BCUT2D eigenvalue weighted by Crippen LogP contribution is -2.34. The Bertz CT molecular complexity index is 939. The number of carbonyl (C=O) groups excluding carboxylic acids is 2. The third-order valence-electron chi connectivity index (χ3n) is 3.82. The predicted molar refractivity (Wildman–Crippen MR) is 98.2 cm³/mol. The van der Waals surface area contributed by atoms with Crippen LogP contribution in [0, 0.1) is 0 Å². The number of furan rings is 1. The fourth-order valence-corrected chi connectivity index (χ4v) is 4.11. The van der Waals surface area contributed by atoms with Crippen LogP contribution in [0.1, 0.15) is 33.8 Å². The van der Waals surface area contributed by atoms with Gasteiger partial charge >= 0.3 is 0 Å². The molecule has 0 bridgehead atoms. The number of benzene rings is 1. The first-order valence-electron chi connectivity index (χ1n) is 8.28. The van der Waals surface area contributed by atoms with Gasteiger partial charge in [-0.2, -0.15) is 0 Å². The highest BCUT2D eigenvalue weighted by molar-refractivity contribution is 7.89. The van der Waals surface area contributed by atoms with Gasteiger partial charge in [0.2, 0.25) is 10.0 Å². The molecule has 1 aromatic heterocycles. The molecule has 1 saturated carbocycles. The second-order valence-corrected chi connectivity index (χ2v) is 8.12. The number of halogens is 1. The lowest BCUT2D eigenvalue weighted by atomic mass is 10.2. The molecule has 10 heteroatoms. The van der Waals surface area contributed by atoms with Crippen molar-refractivity contribution in [2.24, 2.45) is 0 Å². The summed E-state index contributed by atoms with van der Waals surface area (Å²) in [7, 11) is -3.77. The Morgan fingerprint density at radius 2 is 1.81 bits per heavy atom. The van der Waals surface area contributed by atoms with Gasteiger partial charge in [-0.15, -0.1) is 0 Å². The molecule has 2 aromatic rings. The molecule has 1 fully saturated rings. The first-order valence-corrected chi connectivity index (χ1v) is 10.1. The number of rotatable bonds is 8. The van der Waals surface area contributed by atoms with E-state index in [9.17, 15) is 18.0 Å². The highest BCUT2D eigenvalue weighted by atomic mass is 35.5. The molecule has 0 spiro atoms. The zero-order valence-electron chi connectivity index (χ0n) is 14.2. The van der Waals surface area contributed by atoms with E-state index in [1.54, 1.807) is 6.07 Å². The summed E-state index contributed by atoms with van der Waals surface area (Å²) in [6, 6.07) is 7.11. The summed E-state index contributed by atoms with van der Waals surface area (Å²) in [4.78, 5) is 23.8. The van der Waals surface area contributed by atoms with E-state index in [4.69, 9.17) is 16.0 Å². The molecule has 8 nitrogen and oxygen atoms in total.